The van der Waals surface area contributed by atoms with Crippen molar-refractivity contribution in [2.75, 3.05) is 23.8 Å². The highest BCUT2D eigenvalue weighted by atomic mass is 19.1. The van der Waals surface area contributed by atoms with Gasteiger partial charge in [-0.3, -0.25) is 9.79 Å². The molecule has 0 spiro atoms. The van der Waals surface area contributed by atoms with Crippen LogP contribution in [0.25, 0.3) is 0 Å². The number of fused-ring (bicyclic) bond motifs is 1. The van der Waals surface area contributed by atoms with Gasteiger partial charge in [0, 0.05) is 42.4 Å². The Bertz CT molecular complexity index is 891. The smallest absolute Gasteiger partial charge is 0.237 e. The summed E-state index contributed by atoms with van der Waals surface area (Å²) >= 11 is 0. The van der Waals surface area contributed by atoms with Gasteiger partial charge in [0.25, 0.3) is 0 Å². The Morgan fingerprint density at radius 3 is 2.85 bits per heavy atom. The van der Waals surface area contributed by atoms with Crippen molar-refractivity contribution >= 4 is 29.2 Å². The number of rotatable bonds is 4. The van der Waals surface area contributed by atoms with E-state index in [4.69, 9.17) is 4.74 Å². The highest BCUT2D eigenvalue weighted by Crippen LogP contribution is 2.34. The van der Waals surface area contributed by atoms with Crippen LogP contribution < -0.4 is 10.6 Å². The molecule has 1 atom stereocenters. The third-order valence-corrected chi connectivity index (χ3v) is 5.07. The monoisotopic (exact) mass is 367 g/mol. The predicted octanol–water partition coefficient (Wildman–Crippen LogP) is 4.16. The van der Waals surface area contributed by atoms with E-state index < -0.39 is 11.7 Å². The molecule has 1 saturated heterocycles. The summed E-state index contributed by atoms with van der Waals surface area (Å²) in [6.07, 6.45) is 3.52. The van der Waals surface area contributed by atoms with Crippen molar-refractivity contribution in [3.05, 3.63) is 53.3 Å². The number of nitrogens with one attached hydrogen (secondary N) is 2. The summed E-state index contributed by atoms with van der Waals surface area (Å²) in [6, 6.07) is 10.9. The molecule has 0 aromatic heterocycles. The summed E-state index contributed by atoms with van der Waals surface area (Å²) in [4.78, 5) is 16.6. The zero-order valence-electron chi connectivity index (χ0n) is 15.2. The minimum atomic E-state index is -0.707. The van der Waals surface area contributed by atoms with Crippen LogP contribution in [0.1, 0.15) is 29.9 Å². The van der Waals surface area contributed by atoms with E-state index in [9.17, 15) is 9.18 Å². The number of benzene rings is 2. The van der Waals surface area contributed by atoms with Gasteiger partial charge in [-0.15, -0.1) is 0 Å². The Kier molecular flexibility index (Phi) is 4.90. The molecule has 0 bridgehead atoms. The van der Waals surface area contributed by atoms with E-state index in [1.165, 1.54) is 12.3 Å². The maximum Gasteiger partial charge on any atom is 0.237 e. The Morgan fingerprint density at radius 2 is 2.07 bits per heavy atom. The lowest BCUT2D eigenvalue weighted by molar-refractivity contribution is -0.115. The van der Waals surface area contributed by atoms with Crippen molar-refractivity contribution in [2.24, 2.45) is 4.99 Å². The van der Waals surface area contributed by atoms with Crippen molar-refractivity contribution in [3.8, 4) is 0 Å². The minimum Gasteiger partial charge on any atom is -0.382 e. The average Bonchev–Trinajstić information content (AvgIpc) is 2.99. The molecule has 1 unspecified atom stereocenters. The molecule has 0 saturated carbocycles. The molecule has 2 aliphatic rings. The molecule has 2 aromatic carbocycles. The van der Waals surface area contributed by atoms with Gasteiger partial charge in [-0.2, -0.15) is 0 Å². The molecule has 5 nitrogen and oxygen atoms in total. The number of hydrogen-bond donors (Lipinski definition) is 2. The summed E-state index contributed by atoms with van der Waals surface area (Å²) < 4.78 is 19.5. The van der Waals surface area contributed by atoms with E-state index >= 15 is 0 Å². The van der Waals surface area contributed by atoms with E-state index in [0.29, 0.717) is 17.3 Å². The highest BCUT2D eigenvalue weighted by Gasteiger charge is 2.31. The molecule has 2 N–H and O–H groups in total. The molecule has 4 rings (SSSR count). The molecule has 1 amide bonds. The van der Waals surface area contributed by atoms with Gasteiger partial charge in [-0.1, -0.05) is 6.07 Å². The van der Waals surface area contributed by atoms with Gasteiger partial charge in [0.2, 0.25) is 5.91 Å². The largest absolute Gasteiger partial charge is 0.382 e. The minimum absolute atomic E-state index is 0.256. The summed E-state index contributed by atoms with van der Waals surface area (Å²) in [5, 5.41) is 6.26. The summed E-state index contributed by atoms with van der Waals surface area (Å²) in [5.41, 5.74) is 3.78. The third kappa shape index (κ3) is 3.71. The Hall–Kier alpha value is -2.73. The second-order valence-corrected chi connectivity index (χ2v) is 6.98. The van der Waals surface area contributed by atoms with Crippen LogP contribution in [0.15, 0.2) is 41.4 Å². The first kappa shape index (κ1) is 17.7. The maximum absolute atomic E-state index is 14.1. The Labute approximate surface area is 157 Å². The van der Waals surface area contributed by atoms with E-state index in [0.717, 1.165) is 43.0 Å². The zero-order chi connectivity index (χ0) is 18.8. The highest BCUT2D eigenvalue weighted by molar-refractivity contribution is 6.12. The topological polar surface area (TPSA) is 62.7 Å². The first-order valence-corrected chi connectivity index (χ1v) is 9.20. The molecule has 2 aliphatic heterocycles. The maximum atomic E-state index is 14.1. The van der Waals surface area contributed by atoms with E-state index in [1.54, 1.807) is 12.1 Å². The second kappa shape index (κ2) is 7.48. The van der Waals surface area contributed by atoms with E-state index in [1.807, 2.05) is 25.1 Å². The van der Waals surface area contributed by atoms with Crippen LogP contribution >= 0.6 is 0 Å². The molecule has 6 heteroatoms. The lowest BCUT2D eigenvalue weighted by atomic mass is 10.0. The van der Waals surface area contributed by atoms with Crippen molar-refractivity contribution in [1.82, 2.24) is 0 Å². The fourth-order valence-electron chi connectivity index (χ4n) is 3.56. The van der Waals surface area contributed by atoms with Gasteiger partial charge < -0.3 is 15.4 Å². The summed E-state index contributed by atoms with van der Waals surface area (Å²) in [7, 11) is 0. The number of halogens is 1. The van der Waals surface area contributed by atoms with Gasteiger partial charge in [0.1, 0.15) is 11.7 Å². The molecule has 140 valence electrons. The quantitative estimate of drug-likeness (QED) is 0.798. The second-order valence-electron chi connectivity index (χ2n) is 6.98. The van der Waals surface area contributed by atoms with Crippen molar-refractivity contribution in [2.45, 2.75) is 31.7 Å². The van der Waals surface area contributed by atoms with Crippen LogP contribution in [-0.2, 0) is 9.53 Å². The number of aryl methyl sites for hydroxylation is 1. The van der Waals surface area contributed by atoms with Crippen molar-refractivity contribution in [1.29, 1.82) is 0 Å². The van der Waals surface area contributed by atoms with Crippen molar-refractivity contribution in [3.63, 3.8) is 0 Å². The number of carbonyl (C=O) groups excluding carboxylic acids is 1. The molecule has 2 aromatic rings. The normalized spacial score (nSPS) is 19.9. The third-order valence-electron chi connectivity index (χ3n) is 5.07. The van der Waals surface area contributed by atoms with Crippen LogP contribution in [0, 0.1) is 12.7 Å². The van der Waals surface area contributed by atoms with Crippen LogP contribution in [0.3, 0.4) is 0 Å². The van der Waals surface area contributed by atoms with E-state index in [-0.39, 0.29) is 5.91 Å². The van der Waals surface area contributed by atoms with Crippen LogP contribution in [0.5, 0.6) is 0 Å². The lowest BCUT2D eigenvalue weighted by Crippen LogP contribution is -2.28. The summed E-state index contributed by atoms with van der Waals surface area (Å²) in [5.74, 6) is -1.36. The number of carbonyl (C=O) groups is 1. The van der Waals surface area contributed by atoms with Gasteiger partial charge in [0.15, 0.2) is 0 Å². The molecular formula is C21H22FN3O2. The number of amides is 1. The number of anilines is 2. The molecule has 2 heterocycles. The molecule has 27 heavy (non-hydrogen) atoms. The molecular weight excluding hydrogens is 345 g/mol. The first-order valence-electron chi connectivity index (χ1n) is 9.20. The summed E-state index contributed by atoms with van der Waals surface area (Å²) in [6.45, 7) is 3.61. The fraction of sp³-hybridized carbons (Fsp3) is 0.333. The number of ether oxygens (including phenoxy) is 1. The number of nitrogens with zero attached hydrogens (tertiary/aromatic N) is 1. The standard InChI is InChI=1S/C21H22FN3O2/c1-13-11-15(5-6-18(13)24-14-7-9-27-10-8-14)23-12-16-20-17(22)3-2-4-19(20)25-21(16)26/h2-6,11-12,14,16,24H,7-10H2,1H3,(H,25,26). The molecule has 1 fully saturated rings. The van der Waals surface area contributed by atoms with Crippen molar-refractivity contribution < 1.29 is 13.9 Å². The predicted molar refractivity (Wildman–Crippen MR) is 105 cm³/mol. The van der Waals surface area contributed by atoms with Crippen LogP contribution in [-0.4, -0.2) is 31.4 Å². The average molecular weight is 367 g/mol. The lowest BCUT2D eigenvalue weighted by Gasteiger charge is -2.25. The molecule has 0 aliphatic carbocycles. The molecule has 0 radical (unpaired) electrons. The number of hydrogen-bond acceptors (Lipinski definition) is 4. The van der Waals surface area contributed by atoms with Gasteiger partial charge in [0.05, 0.1) is 5.69 Å². The van der Waals surface area contributed by atoms with Crippen LogP contribution in [0.4, 0.5) is 21.5 Å². The Morgan fingerprint density at radius 1 is 1.26 bits per heavy atom. The zero-order valence-corrected chi connectivity index (χ0v) is 15.2. The van der Waals surface area contributed by atoms with Gasteiger partial charge >= 0.3 is 0 Å². The van der Waals surface area contributed by atoms with Crippen LogP contribution in [0.2, 0.25) is 0 Å². The number of aliphatic imine (C=N–C) groups is 1. The van der Waals surface area contributed by atoms with Gasteiger partial charge in [-0.25, -0.2) is 4.39 Å². The SMILES string of the molecule is Cc1cc(N=CC2C(=O)Nc3cccc(F)c32)ccc1NC1CCOCC1. The van der Waals surface area contributed by atoms with E-state index in [2.05, 4.69) is 15.6 Å². The van der Waals surface area contributed by atoms with Gasteiger partial charge in [-0.05, 0) is 55.7 Å². The fourth-order valence-corrected chi connectivity index (χ4v) is 3.56. The first-order chi connectivity index (χ1) is 13.1. The Balaban J connectivity index is 1.50.